The largest absolute Gasteiger partial charge is 0.484 e. The van der Waals surface area contributed by atoms with Gasteiger partial charge in [-0.3, -0.25) is 9.59 Å². The number of hydrogen-bond acceptors (Lipinski definition) is 5. The Morgan fingerprint density at radius 2 is 1.47 bits per heavy atom. The fourth-order valence-electron chi connectivity index (χ4n) is 3.46. The Morgan fingerprint density at radius 1 is 0.875 bits per heavy atom. The maximum absolute atomic E-state index is 12.5. The molecule has 3 rings (SSSR count). The second-order valence-corrected chi connectivity index (χ2v) is 10.3. The van der Waals surface area contributed by atoms with Crippen LogP contribution in [0, 0.1) is 0 Å². The highest BCUT2D eigenvalue weighted by Gasteiger charge is 2.27. The van der Waals surface area contributed by atoms with Crippen LogP contribution in [0.3, 0.4) is 0 Å². The fraction of sp³-hybridized carbons (Fsp3) is 0.391. The number of amides is 2. The minimum absolute atomic E-state index is 0.0197. The first-order chi connectivity index (χ1) is 15.3. The zero-order valence-electron chi connectivity index (χ0n) is 17.8. The summed E-state index contributed by atoms with van der Waals surface area (Å²) >= 11 is 5.83. The molecule has 32 heavy (non-hydrogen) atoms. The van der Waals surface area contributed by atoms with Gasteiger partial charge in [0.05, 0.1) is 5.75 Å². The second kappa shape index (κ2) is 11.3. The zero-order chi connectivity index (χ0) is 23.0. The van der Waals surface area contributed by atoms with Crippen molar-refractivity contribution in [3.05, 3.63) is 65.2 Å². The highest BCUT2D eigenvalue weighted by atomic mass is 35.5. The van der Waals surface area contributed by atoms with E-state index in [1.54, 1.807) is 29.2 Å². The minimum atomic E-state index is -3.47. The van der Waals surface area contributed by atoms with Crippen LogP contribution in [-0.4, -0.2) is 74.3 Å². The maximum atomic E-state index is 12.5. The predicted octanol–water partition coefficient (Wildman–Crippen LogP) is 2.44. The standard InChI is InChI=1S/C23H27ClN2O5S/c24-20-8-10-21(11-9-20)31-17-22(27)25-12-14-26(15-13-25)23(28)18-32(29,30)16-4-7-19-5-2-1-3-6-19/h1-3,5-6,8-11H,4,7,12-18H2. The van der Waals surface area contributed by atoms with Crippen molar-refractivity contribution in [1.82, 2.24) is 9.80 Å². The van der Waals surface area contributed by atoms with Crippen molar-refractivity contribution >= 4 is 33.3 Å². The number of carbonyl (C=O) groups is 2. The Balaban J connectivity index is 1.38. The summed E-state index contributed by atoms with van der Waals surface area (Å²) < 4.78 is 30.2. The van der Waals surface area contributed by atoms with E-state index in [0.717, 1.165) is 5.56 Å². The van der Waals surface area contributed by atoms with E-state index in [9.17, 15) is 18.0 Å². The quantitative estimate of drug-likeness (QED) is 0.552. The van der Waals surface area contributed by atoms with Crippen LogP contribution < -0.4 is 4.74 Å². The Hall–Kier alpha value is -2.58. The van der Waals surface area contributed by atoms with E-state index in [1.165, 1.54) is 4.90 Å². The van der Waals surface area contributed by atoms with Gasteiger partial charge >= 0.3 is 0 Å². The molecule has 1 heterocycles. The molecule has 0 spiro atoms. The van der Waals surface area contributed by atoms with Crippen LogP contribution in [0.1, 0.15) is 12.0 Å². The predicted molar refractivity (Wildman–Crippen MR) is 124 cm³/mol. The summed E-state index contributed by atoms with van der Waals surface area (Å²) in [6.45, 7) is 1.21. The van der Waals surface area contributed by atoms with Crippen LogP contribution in [0.25, 0.3) is 0 Å². The monoisotopic (exact) mass is 478 g/mol. The summed E-state index contributed by atoms with van der Waals surface area (Å²) in [7, 11) is -3.47. The van der Waals surface area contributed by atoms with Crippen LogP contribution in [0.4, 0.5) is 0 Å². The molecule has 2 amide bonds. The molecule has 9 heteroatoms. The molecule has 1 saturated heterocycles. The normalized spacial score (nSPS) is 14.3. The van der Waals surface area contributed by atoms with E-state index in [2.05, 4.69) is 0 Å². The van der Waals surface area contributed by atoms with Gasteiger partial charge in [0.1, 0.15) is 11.5 Å². The SMILES string of the molecule is O=C(COc1ccc(Cl)cc1)N1CCN(C(=O)CS(=O)(=O)CCCc2ccccc2)CC1. The average Bonchev–Trinajstić information content (AvgIpc) is 2.79. The first kappa shape index (κ1) is 24.1. The van der Waals surface area contributed by atoms with Crippen molar-refractivity contribution < 1.29 is 22.7 Å². The van der Waals surface area contributed by atoms with Crippen molar-refractivity contribution in [1.29, 1.82) is 0 Å². The lowest BCUT2D eigenvalue weighted by Gasteiger charge is -2.34. The lowest BCUT2D eigenvalue weighted by atomic mass is 10.1. The van der Waals surface area contributed by atoms with Gasteiger partial charge in [0.15, 0.2) is 16.4 Å². The Bertz CT molecular complexity index is 1000. The van der Waals surface area contributed by atoms with E-state index in [1.807, 2.05) is 30.3 Å². The molecule has 0 atom stereocenters. The number of sulfone groups is 1. The van der Waals surface area contributed by atoms with E-state index in [-0.39, 0.29) is 18.3 Å². The number of rotatable bonds is 9. The van der Waals surface area contributed by atoms with Gasteiger partial charge in [-0.2, -0.15) is 0 Å². The summed E-state index contributed by atoms with van der Waals surface area (Å²) in [6.07, 6.45) is 1.14. The maximum Gasteiger partial charge on any atom is 0.260 e. The van der Waals surface area contributed by atoms with Crippen molar-refractivity contribution in [2.75, 3.05) is 44.3 Å². The van der Waals surface area contributed by atoms with Crippen LogP contribution in [0.15, 0.2) is 54.6 Å². The molecule has 0 aliphatic carbocycles. The summed E-state index contributed by atoms with van der Waals surface area (Å²) in [6, 6.07) is 16.4. The van der Waals surface area contributed by atoms with Gasteiger partial charge in [0.25, 0.3) is 5.91 Å². The number of nitrogens with zero attached hydrogens (tertiary/aromatic N) is 2. The molecule has 2 aromatic rings. The minimum Gasteiger partial charge on any atom is -0.484 e. The lowest BCUT2D eigenvalue weighted by Crippen LogP contribution is -2.52. The number of ether oxygens (including phenoxy) is 1. The van der Waals surface area contributed by atoms with Crippen LogP contribution in [0.2, 0.25) is 5.02 Å². The van der Waals surface area contributed by atoms with Crippen molar-refractivity contribution in [2.24, 2.45) is 0 Å². The first-order valence-corrected chi connectivity index (χ1v) is 12.7. The number of carbonyl (C=O) groups excluding carboxylic acids is 2. The van der Waals surface area contributed by atoms with E-state index < -0.39 is 21.5 Å². The number of hydrogen-bond donors (Lipinski definition) is 0. The highest BCUT2D eigenvalue weighted by Crippen LogP contribution is 2.16. The van der Waals surface area contributed by atoms with Gasteiger partial charge in [-0.1, -0.05) is 41.9 Å². The van der Waals surface area contributed by atoms with E-state index in [4.69, 9.17) is 16.3 Å². The zero-order valence-corrected chi connectivity index (χ0v) is 19.4. The molecule has 0 unspecified atom stereocenters. The molecule has 0 radical (unpaired) electrons. The van der Waals surface area contributed by atoms with Gasteiger partial charge in [0, 0.05) is 31.2 Å². The molecular formula is C23H27ClN2O5S. The summed E-state index contributed by atoms with van der Waals surface area (Å²) in [5, 5.41) is 0.586. The Kier molecular flexibility index (Phi) is 8.53. The molecular weight excluding hydrogens is 452 g/mol. The van der Waals surface area contributed by atoms with E-state index in [0.29, 0.717) is 49.8 Å². The third kappa shape index (κ3) is 7.53. The number of aryl methyl sites for hydroxylation is 1. The average molecular weight is 479 g/mol. The van der Waals surface area contributed by atoms with Gasteiger partial charge in [0.2, 0.25) is 5.91 Å². The molecule has 1 aliphatic rings. The smallest absolute Gasteiger partial charge is 0.260 e. The molecule has 0 N–H and O–H groups in total. The fourth-order valence-corrected chi connectivity index (χ4v) is 4.88. The molecule has 0 bridgehead atoms. The van der Waals surface area contributed by atoms with Gasteiger partial charge in [-0.15, -0.1) is 0 Å². The van der Waals surface area contributed by atoms with Crippen LogP contribution >= 0.6 is 11.6 Å². The van der Waals surface area contributed by atoms with Gasteiger partial charge in [-0.05, 0) is 42.7 Å². The van der Waals surface area contributed by atoms with E-state index >= 15 is 0 Å². The Morgan fingerprint density at radius 3 is 2.09 bits per heavy atom. The molecule has 0 saturated carbocycles. The molecule has 172 valence electrons. The molecule has 7 nitrogen and oxygen atoms in total. The molecule has 0 aromatic heterocycles. The van der Waals surface area contributed by atoms with Crippen molar-refractivity contribution in [3.63, 3.8) is 0 Å². The van der Waals surface area contributed by atoms with Gasteiger partial charge in [-0.25, -0.2) is 8.42 Å². The topological polar surface area (TPSA) is 84.0 Å². The Labute approximate surface area is 193 Å². The van der Waals surface area contributed by atoms with Crippen molar-refractivity contribution in [3.8, 4) is 5.75 Å². The number of benzene rings is 2. The third-order valence-electron chi connectivity index (χ3n) is 5.27. The van der Waals surface area contributed by atoms with Crippen LogP contribution in [-0.2, 0) is 25.8 Å². The number of piperazine rings is 1. The molecule has 1 aliphatic heterocycles. The number of halogens is 1. The second-order valence-electron chi connectivity index (χ2n) is 7.69. The summed E-state index contributed by atoms with van der Waals surface area (Å²) in [5.74, 6) is -0.548. The first-order valence-electron chi connectivity index (χ1n) is 10.5. The summed E-state index contributed by atoms with van der Waals surface area (Å²) in [4.78, 5) is 28.0. The van der Waals surface area contributed by atoms with Crippen LogP contribution in [0.5, 0.6) is 5.75 Å². The lowest BCUT2D eigenvalue weighted by molar-refractivity contribution is -0.139. The highest BCUT2D eigenvalue weighted by molar-refractivity contribution is 7.92. The third-order valence-corrected chi connectivity index (χ3v) is 7.12. The van der Waals surface area contributed by atoms with Gasteiger partial charge < -0.3 is 14.5 Å². The molecule has 2 aromatic carbocycles. The molecule has 1 fully saturated rings. The van der Waals surface area contributed by atoms with Crippen molar-refractivity contribution in [2.45, 2.75) is 12.8 Å². The summed E-state index contributed by atoms with van der Waals surface area (Å²) in [5.41, 5.74) is 1.08.